The highest BCUT2D eigenvalue weighted by atomic mass is 79.9. The van der Waals surface area contributed by atoms with Crippen LogP contribution in [-0.2, 0) is 16.1 Å². The van der Waals surface area contributed by atoms with Crippen LogP contribution >= 0.6 is 15.9 Å². The zero-order chi connectivity index (χ0) is 16.6. The molecule has 122 valence electrons. The number of halogens is 2. The maximum Gasteiger partial charge on any atom is 0.255 e. The van der Waals surface area contributed by atoms with E-state index in [1.807, 2.05) is 0 Å². The van der Waals surface area contributed by atoms with Gasteiger partial charge in [0.2, 0.25) is 11.8 Å². The van der Waals surface area contributed by atoms with Crippen LogP contribution in [0.5, 0.6) is 5.75 Å². The summed E-state index contributed by atoms with van der Waals surface area (Å²) in [5.74, 6) is -1.51. The van der Waals surface area contributed by atoms with Gasteiger partial charge in [0.25, 0.3) is 5.91 Å². The van der Waals surface area contributed by atoms with Crippen molar-refractivity contribution in [3.05, 3.63) is 29.1 Å². The van der Waals surface area contributed by atoms with Crippen LogP contribution in [0.25, 0.3) is 0 Å². The summed E-state index contributed by atoms with van der Waals surface area (Å²) in [5, 5.41) is 2.80. The monoisotopic (exact) mass is 384 g/mol. The lowest BCUT2D eigenvalue weighted by molar-refractivity contribution is -0.136. The Balaban J connectivity index is 1.89. The van der Waals surface area contributed by atoms with E-state index in [9.17, 15) is 18.8 Å². The fraction of sp³-hybridized carbons (Fsp3) is 0.400. The van der Waals surface area contributed by atoms with Crippen molar-refractivity contribution in [2.45, 2.75) is 25.4 Å². The third-order valence-electron chi connectivity index (χ3n) is 3.91. The molecule has 6 nitrogen and oxygen atoms in total. The molecule has 0 aliphatic carbocycles. The van der Waals surface area contributed by atoms with Crippen molar-refractivity contribution < 1.29 is 23.5 Å². The first-order chi connectivity index (χ1) is 11.0. The van der Waals surface area contributed by atoms with Gasteiger partial charge in [0.05, 0.1) is 18.7 Å². The lowest BCUT2D eigenvalue weighted by Gasteiger charge is -2.29. The molecule has 0 saturated carbocycles. The molecule has 0 aromatic heterocycles. The number of hydrogen-bond donors (Lipinski definition) is 1. The number of hydrogen-bond acceptors (Lipinski definition) is 4. The Morgan fingerprint density at radius 1 is 1.35 bits per heavy atom. The molecule has 0 radical (unpaired) electrons. The highest BCUT2D eigenvalue weighted by molar-refractivity contribution is 9.09. The van der Waals surface area contributed by atoms with Crippen molar-refractivity contribution in [3.8, 4) is 5.75 Å². The van der Waals surface area contributed by atoms with Crippen LogP contribution in [0, 0.1) is 5.82 Å². The number of fused-ring (bicyclic) bond motifs is 1. The topological polar surface area (TPSA) is 75.7 Å². The number of piperidine rings is 1. The van der Waals surface area contributed by atoms with Gasteiger partial charge in [0.15, 0.2) is 0 Å². The van der Waals surface area contributed by atoms with Crippen molar-refractivity contribution in [2.24, 2.45) is 0 Å². The molecule has 3 rings (SSSR count). The molecular formula is C15H14BrFN2O4. The maximum absolute atomic E-state index is 13.7. The molecule has 2 aliphatic rings. The Labute approximate surface area is 140 Å². The number of carbonyl (C=O) groups excluding carboxylic acids is 3. The minimum atomic E-state index is -0.723. The van der Waals surface area contributed by atoms with Gasteiger partial charge in [-0.15, -0.1) is 0 Å². The molecule has 0 bridgehead atoms. The molecular weight excluding hydrogens is 371 g/mol. The lowest BCUT2D eigenvalue weighted by atomic mass is 10.0. The van der Waals surface area contributed by atoms with Gasteiger partial charge < -0.3 is 9.64 Å². The van der Waals surface area contributed by atoms with Crippen LogP contribution in [0.15, 0.2) is 12.1 Å². The van der Waals surface area contributed by atoms with Crippen LogP contribution in [0.3, 0.4) is 0 Å². The van der Waals surface area contributed by atoms with Gasteiger partial charge in [-0.1, -0.05) is 15.9 Å². The molecule has 3 amide bonds. The van der Waals surface area contributed by atoms with Gasteiger partial charge in [0.1, 0.15) is 17.6 Å². The number of rotatable bonds is 4. The molecule has 2 aliphatic heterocycles. The predicted octanol–water partition coefficient (Wildman–Crippen LogP) is 1.36. The Kier molecular flexibility index (Phi) is 4.34. The molecule has 1 N–H and O–H groups in total. The van der Waals surface area contributed by atoms with Gasteiger partial charge >= 0.3 is 0 Å². The summed E-state index contributed by atoms with van der Waals surface area (Å²) >= 11 is 3.22. The van der Waals surface area contributed by atoms with E-state index in [1.165, 1.54) is 11.0 Å². The first-order valence-corrected chi connectivity index (χ1v) is 8.29. The average Bonchev–Trinajstić information content (AvgIpc) is 2.82. The molecule has 23 heavy (non-hydrogen) atoms. The number of benzene rings is 1. The summed E-state index contributed by atoms with van der Waals surface area (Å²) in [6, 6.07) is 1.67. The first kappa shape index (κ1) is 15.9. The molecule has 2 heterocycles. The molecule has 1 saturated heterocycles. The van der Waals surface area contributed by atoms with E-state index >= 15 is 0 Å². The van der Waals surface area contributed by atoms with E-state index in [-0.39, 0.29) is 30.9 Å². The van der Waals surface area contributed by atoms with Crippen LogP contribution in [0.1, 0.15) is 28.8 Å². The van der Waals surface area contributed by atoms with Crippen molar-refractivity contribution in [1.82, 2.24) is 10.2 Å². The summed E-state index contributed by atoms with van der Waals surface area (Å²) < 4.78 is 19.2. The third kappa shape index (κ3) is 2.95. The number of carbonyl (C=O) groups is 3. The van der Waals surface area contributed by atoms with E-state index < -0.39 is 23.7 Å². The Morgan fingerprint density at radius 2 is 2.13 bits per heavy atom. The molecule has 8 heteroatoms. The van der Waals surface area contributed by atoms with E-state index in [2.05, 4.69) is 21.2 Å². The van der Waals surface area contributed by atoms with Crippen LogP contribution < -0.4 is 10.1 Å². The predicted molar refractivity (Wildman–Crippen MR) is 81.7 cm³/mol. The van der Waals surface area contributed by atoms with Gasteiger partial charge in [-0.25, -0.2) is 4.39 Å². The van der Waals surface area contributed by atoms with Gasteiger partial charge in [-0.2, -0.15) is 0 Å². The summed E-state index contributed by atoms with van der Waals surface area (Å²) in [4.78, 5) is 37.1. The molecule has 1 aromatic rings. The minimum Gasteiger partial charge on any atom is -0.492 e. The SMILES string of the molecule is O=C1CCC(N2Cc3c(OCCBr)cc(F)cc3C2=O)C(=O)N1. The summed E-state index contributed by atoms with van der Waals surface area (Å²) in [6.45, 7) is 0.501. The van der Waals surface area contributed by atoms with Gasteiger partial charge in [-0.3, -0.25) is 19.7 Å². The Morgan fingerprint density at radius 3 is 2.83 bits per heavy atom. The quantitative estimate of drug-likeness (QED) is 0.628. The smallest absolute Gasteiger partial charge is 0.255 e. The number of nitrogens with one attached hydrogen (secondary N) is 1. The van der Waals surface area contributed by atoms with E-state index in [0.29, 0.717) is 23.2 Å². The highest BCUT2D eigenvalue weighted by Gasteiger charge is 2.40. The summed E-state index contributed by atoms with van der Waals surface area (Å²) in [6.07, 6.45) is 0.447. The standard InChI is InChI=1S/C15H14BrFN2O4/c16-3-4-23-12-6-8(17)5-9-10(12)7-19(15(9)22)11-1-2-13(20)18-14(11)21/h5-6,11H,1-4,7H2,(H,18,20,21). The molecule has 1 fully saturated rings. The fourth-order valence-corrected chi connectivity index (χ4v) is 3.03. The second-order valence-corrected chi connectivity index (χ2v) is 6.16. The zero-order valence-corrected chi connectivity index (χ0v) is 13.7. The van der Waals surface area contributed by atoms with Crippen molar-refractivity contribution >= 4 is 33.7 Å². The second kappa shape index (κ2) is 6.27. The van der Waals surface area contributed by atoms with E-state index in [1.54, 1.807) is 0 Å². The normalized spacial score (nSPS) is 20.5. The van der Waals surface area contributed by atoms with Crippen molar-refractivity contribution in [1.29, 1.82) is 0 Å². The van der Waals surface area contributed by atoms with Crippen molar-refractivity contribution in [2.75, 3.05) is 11.9 Å². The Hall–Kier alpha value is -1.96. The molecule has 1 aromatic carbocycles. The maximum atomic E-state index is 13.7. The van der Waals surface area contributed by atoms with E-state index in [0.717, 1.165) is 6.07 Å². The minimum absolute atomic E-state index is 0.165. The summed E-state index contributed by atoms with van der Waals surface area (Å²) in [7, 11) is 0. The zero-order valence-electron chi connectivity index (χ0n) is 12.1. The number of ether oxygens (including phenoxy) is 1. The van der Waals surface area contributed by atoms with E-state index in [4.69, 9.17) is 4.74 Å². The number of imide groups is 1. The van der Waals surface area contributed by atoms with Crippen LogP contribution in [0.4, 0.5) is 4.39 Å². The second-order valence-electron chi connectivity index (χ2n) is 5.37. The molecule has 1 unspecified atom stereocenters. The average molecular weight is 385 g/mol. The third-order valence-corrected chi connectivity index (χ3v) is 4.24. The van der Waals surface area contributed by atoms with Gasteiger partial charge in [0, 0.05) is 23.4 Å². The summed E-state index contributed by atoms with van der Waals surface area (Å²) in [5.41, 5.74) is 0.779. The first-order valence-electron chi connectivity index (χ1n) is 7.17. The largest absolute Gasteiger partial charge is 0.492 e. The van der Waals surface area contributed by atoms with Crippen molar-refractivity contribution in [3.63, 3.8) is 0 Å². The number of alkyl halides is 1. The molecule has 1 atom stereocenters. The molecule has 0 spiro atoms. The fourth-order valence-electron chi connectivity index (χ4n) is 2.87. The lowest BCUT2D eigenvalue weighted by Crippen LogP contribution is -2.52. The van der Waals surface area contributed by atoms with Crippen LogP contribution in [-0.4, -0.2) is 40.6 Å². The Bertz CT molecular complexity index is 694. The van der Waals surface area contributed by atoms with Crippen LogP contribution in [0.2, 0.25) is 0 Å². The highest BCUT2D eigenvalue weighted by Crippen LogP contribution is 2.34. The number of amides is 3. The number of nitrogens with zero attached hydrogens (tertiary/aromatic N) is 1. The van der Waals surface area contributed by atoms with Gasteiger partial charge in [-0.05, 0) is 12.5 Å².